The second-order valence-electron chi connectivity index (χ2n) is 18.8. The van der Waals surface area contributed by atoms with Gasteiger partial charge >= 0.3 is 6.09 Å². The quantitative estimate of drug-likeness (QED) is 0.0424. The van der Waals surface area contributed by atoms with Gasteiger partial charge in [0, 0.05) is 37.7 Å². The second kappa shape index (κ2) is 23.5. The number of allylic oxidation sites excluding steroid dienone is 1. The van der Waals surface area contributed by atoms with Crippen molar-refractivity contribution in [2.45, 2.75) is 109 Å². The molecule has 0 spiro atoms. The van der Waals surface area contributed by atoms with Crippen molar-refractivity contribution in [1.29, 1.82) is 0 Å². The van der Waals surface area contributed by atoms with Gasteiger partial charge in [-0.25, -0.2) is 4.79 Å². The first kappa shape index (κ1) is 49.4. The van der Waals surface area contributed by atoms with Crippen LogP contribution in [-0.2, 0) is 25.7 Å². The zero-order chi connectivity index (χ0) is 47.2. The van der Waals surface area contributed by atoms with Gasteiger partial charge in [-0.15, -0.1) is 6.58 Å². The number of ether oxygens (including phenoxy) is 5. The summed E-state index contributed by atoms with van der Waals surface area (Å²) < 4.78 is 33.1. The molecular weight excluding hydrogens is 845 g/mol. The molecule has 0 bridgehead atoms. The molecule has 1 amide bonds. The van der Waals surface area contributed by atoms with E-state index in [1.54, 1.807) is 11.0 Å². The molecule has 7 rings (SSSR count). The standard InChI is InChI=1S/C56H70N2O9/c1-6-30-58(54(61)63-35-34-62-39-40-18-10-8-11-19-40)51-38-49(57-67-55(3,4)5)47-36-43(22-14-16-31-59)46(23-15-17-32-60)52-48-37-45(28-29-50(48)66-56(51,53(47)52)64-33-7-2)65-44-26-24-42(25-27-44)41-20-12-9-13-21-41/h7-13,18-21,24-29,36-37,43,46,51-53,59-60H,2,6,14-17,22-23,30-35,38-39H2,1,3-5H3. The van der Waals surface area contributed by atoms with E-state index in [1.807, 2.05) is 100 Å². The van der Waals surface area contributed by atoms with Gasteiger partial charge in [-0.05, 0) is 117 Å². The van der Waals surface area contributed by atoms with Crippen molar-refractivity contribution < 1.29 is 43.5 Å². The number of carbonyl (C=O) groups is 1. The van der Waals surface area contributed by atoms with Crippen LogP contribution in [0, 0.1) is 17.8 Å². The van der Waals surface area contributed by atoms with Crippen molar-refractivity contribution in [1.82, 2.24) is 4.90 Å². The third kappa shape index (κ3) is 12.2. The molecule has 11 nitrogen and oxygen atoms in total. The van der Waals surface area contributed by atoms with Crippen LogP contribution in [0.2, 0.25) is 0 Å². The predicted molar refractivity (Wildman–Crippen MR) is 262 cm³/mol. The molecule has 11 heteroatoms. The van der Waals surface area contributed by atoms with E-state index in [9.17, 15) is 15.0 Å². The Morgan fingerprint density at radius 1 is 0.881 bits per heavy atom. The van der Waals surface area contributed by atoms with Crippen LogP contribution in [0.3, 0.4) is 0 Å². The first-order valence-corrected chi connectivity index (χ1v) is 24.2. The molecule has 6 atom stereocenters. The molecule has 0 aromatic heterocycles. The number of rotatable bonds is 23. The Bertz CT molecular complexity index is 2260. The van der Waals surface area contributed by atoms with Crippen LogP contribution < -0.4 is 9.47 Å². The summed E-state index contributed by atoms with van der Waals surface area (Å²) in [5.41, 5.74) is 5.34. The first-order chi connectivity index (χ1) is 32.6. The summed E-state index contributed by atoms with van der Waals surface area (Å²) in [5.74, 6) is 0.0945. The Kier molecular flexibility index (Phi) is 17.4. The first-order valence-electron chi connectivity index (χ1n) is 24.2. The Hall–Kier alpha value is -5.46. The minimum Gasteiger partial charge on any atom is -0.459 e. The smallest absolute Gasteiger partial charge is 0.410 e. The lowest BCUT2D eigenvalue weighted by Crippen LogP contribution is -2.70. The van der Waals surface area contributed by atoms with E-state index < -0.39 is 29.4 Å². The van der Waals surface area contributed by atoms with E-state index in [-0.39, 0.29) is 57.2 Å². The zero-order valence-corrected chi connectivity index (χ0v) is 39.8. The third-order valence-electron chi connectivity index (χ3n) is 12.9. The van der Waals surface area contributed by atoms with Crippen molar-refractivity contribution in [3.05, 3.63) is 139 Å². The molecule has 4 aromatic rings. The van der Waals surface area contributed by atoms with E-state index in [1.165, 1.54) is 0 Å². The molecule has 0 radical (unpaired) electrons. The normalized spacial score (nSPS) is 22.4. The van der Waals surface area contributed by atoms with Gasteiger partial charge in [0.25, 0.3) is 0 Å². The van der Waals surface area contributed by atoms with E-state index in [4.69, 9.17) is 33.7 Å². The van der Waals surface area contributed by atoms with Gasteiger partial charge < -0.3 is 38.7 Å². The van der Waals surface area contributed by atoms with Gasteiger partial charge in [0.2, 0.25) is 5.79 Å². The second-order valence-corrected chi connectivity index (χ2v) is 18.8. The van der Waals surface area contributed by atoms with E-state index in [0.717, 1.165) is 59.2 Å². The maximum Gasteiger partial charge on any atom is 0.410 e. The van der Waals surface area contributed by atoms with Gasteiger partial charge in [0.05, 0.1) is 31.5 Å². The van der Waals surface area contributed by atoms with Crippen LogP contribution in [0.15, 0.2) is 133 Å². The van der Waals surface area contributed by atoms with Crippen molar-refractivity contribution >= 4 is 11.8 Å². The number of nitrogens with zero attached hydrogens (tertiary/aromatic N) is 2. The summed E-state index contributed by atoms with van der Waals surface area (Å²) in [5, 5.41) is 25.0. The number of unbranched alkanes of at least 4 members (excludes halogenated alkanes) is 2. The molecular formula is C56H70N2O9. The summed E-state index contributed by atoms with van der Waals surface area (Å²) in [6.07, 6.45) is 9.16. The van der Waals surface area contributed by atoms with Gasteiger partial charge in [-0.1, -0.05) is 110 Å². The summed E-state index contributed by atoms with van der Waals surface area (Å²) >= 11 is 0. The fourth-order valence-corrected chi connectivity index (χ4v) is 10.0. The van der Waals surface area contributed by atoms with Crippen molar-refractivity contribution in [2.24, 2.45) is 22.9 Å². The third-order valence-corrected chi connectivity index (χ3v) is 12.9. The lowest BCUT2D eigenvalue weighted by molar-refractivity contribution is -0.255. The molecule has 358 valence electrons. The van der Waals surface area contributed by atoms with Crippen molar-refractivity contribution in [3.8, 4) is 28.4 Å². The van der Waals surface area contributed by atoms with E-state index >= 15 is 0 Å². The summed E-state index contributed by atoms with van der Waals surface area (Å²) in [6.45, 7) is 13.5. The maximum atomic E-state index is 14.6. The lowest BCUT2D eigenvalue weighted by Gasteiger charge is -2.60. The molecule has 67 heavy (non-hydrogen) atoms. The Labute approximate surface area is 397 Å². The number of fused-ring (bicyclic) bond motifs is 2. The Morgan fingerprint density at radius 3 is 2.25 bits per heavy atom. The highest BCUT2D eigenvalue weighted by atomic mass is 16.7. The Balaban J connectivity index is 1.33. The molecule has 2 N–H and O–H groups in total. The van der Waals surface area contributed by atoms with Crippen LogP contribution in [0.1, 0.15) is 96.1 Å². The fourth-order valence-electron chi connectivity index (χ4n) is 10.0. The van der Waals surface area contributed by atoms with Gasteiger partial charge in [0.1, 0.15) is 35.5 Å². The predicted octanol–water partition coefficient (Wildman–Crippen LogP) is 11.6. The van der Waals surface area contributed by atoms with Crippen molar-refractivity contribution in [2.75, 3.05) is 39.6 Å². The molecule has 1 saturated carbocycles. The minimum absolute atomic E-state index is 0.0608. The van der Waals surface area contributed by atoms with E-state index in [2.05, 4.69) is 43.0 Å². The highest BCUT2D eigenvalue weighted by Gasteiger charge is 2.65. The number of amides is 1. The summed E-state index contributed by atoms with van der Waals surface area (Å²) in [4.78, 5) is 22.6. The average molecular weight is 915 g/mol. The molecule has 4 aromatic carbocycles. The van der Waals surface area contributed by atoms with Gasteiger partial charge in [-0.2, -0.15) is 0 Å². The molecule has 1 fully saturated rings. The number of oxime groups is 1. The lowest BCUT2D eigenvalue weighted by atomic mass is 9.55. The number of aliphatic hydroxyl groups is 2. The molecule has 3 aliphatic rings. The number of carbonyl (C=O) groups excluding carboxylic acids is 1. The van der Waals surface area contributed by atoms with E-state index in [0.29, 0.717) is 49.7 Å². The summed E-state index contributed by atoms with van der Waals surface area (Å²) in [6, 6.07) is 33.6. The number of benzene rings is 4. The maximum absolute atomic E-state index is 14.6. The molecule has 1 aliphatic heterocycles. The summed E-state index contributed by atoms with van der Waals surface area (Å²) in [7, 11) is 0. The topological polar surface area (TPSA) is 129 Å². The van der Waals surface area contributed by atoms with Crippen molar-refractivity contribution in [3.63, 3.8) is 0 Å². The number of hydrogen-bond acceptors (Lipinski definition) is 10. The highest BCUT2D eigenvalue weighted by molar-refractivity contribution is 6.03. The van der Waals surface area contributed by atoms with Crippen LogP contribution in [-0.4, -0.2) is 83.9 Å². The minimum atomic E-state index is -1.41. The number of aliphatic hydroxyl groups excluding tert-OH is 2. The SMILES string of the molecule is C=CCOC12Oc3ccc(Oc4ccc(-c5ccccc5)cc4)cc3C3C(CCCCO)C(CCCCO)C=C(C(=NOC(C)(C)C)CC1N(CCC)C(=O)OCCOCc1ccccc1)C32. The molecule has 2 aliphatic carbocycles. The molecule has 1 heterocycles. The largest absolute Gasteiger partial charge is 0.459 e. The van der Waals surface area contributed by atoms with Gasteiger partial charge in [-0.3, -0.25) is 4.90 Å². The molecule has 0 saturated heterocycles. The Morgan fingerprint density at radius 2 is 1.57 bits per heavy atom. The average Bonchev–Trinajstić information content (AvgIpc) is 3.33. The highest BCUT2D eigenvalue weighted by Crippen LogP contribution is 2.62. The van der Waals surface area contributed by atoms with Crippen LogP contribution >= 0.6 is 0 Å². The monoisotopic (exact) mass is 915 g/mol. The van der Waals surface area contributed by atoms with Crippen LogP contribution in [0.4, 0.5) is 4.79 Å². The van der Waals surface area contributed by atoms with Crippen LogP contribution in [0.5, 0.6) is 17.2 Å². The van der Waals surface area contributed by atoms with Gasteiger partial charge in [0.15, 0.2) is 0 Å². The zero-order valence-electron chi connectivity index (χ0n) is 39.8. The molecule has 6 unspecified atom stereocenters. The van der Waals surface area contributed by atoms with Crippen LogP contribution in [0.25, 0.3) is 11.1 Å². The fraction of sp³-hybridized carbons (Fsp3) is 0.464. The number of hydrogen-bond donors (Lipinski definition) is 2.